The zero-order valence-electron chi connectivity index (χ0n) is 23.7. The van der Waals surface area contributed by atoms with Crippen molar-refractivity contribution in [2.45, 2.75) is 19.8 Å². The van der Waals surface area contributed by atoms with E-state index in [2.05, 4.69) is 34.5 Å². The fraction of sp³-hybridized carbons (Fsp3) is 0.281. The number of ether oxygens (including phenoxy) is 2. The first-order chi connectivity index (χ1) is 20.4. The summed E-state index contributed by atoms with van der Waals surface area (Å²) < 4.78 is 12.8. The number of nitrogens with zero attached hydrogens (tertiary/aromatic N) is 3. The third-order valence-corrected chi connectivity index (χ3v) is 7.22. The van der Waals surface area contributed by atoms with Crippen molar-refractivity contribution >= 4 is 28.9 Å². The first-order valence-corrected chi connectivity index (χ1v) is 14.4. The number of carbonyl (C=O) groups is 1. The standard InChI is InChI=1S/C32H34ClN5O4/c1-22(2)23-9-11-28(12-10-23)42-29-21-35-38(27-8-4-6-25(33)20-27)32(40)30(29)36-26-7-3-5-24(19-26)31(39)34-13-14-37-15-17-41-18-16-37/h3-12,19-22,36H,13-18H2,1-2H3,(H,34,39). The van der Waals surface area contributed by atoms with Crippen LogP contribution in [0, 0.1) is 0 Å². The Hall–Kier alpha value is -4.18. The van der Waals surface area contributed by atoms with E-state index in [1.807, 2.05) is 24.3 Å². The predicted octanol–water partition coefficient (Wildman–Crippen LogP) is 5.61. The third kappa shape index (κ3) is 7.36. The van der Waals surface area contributed by atoms with Crippen LogP contribution in [0.1, 0.15) is 35.7 Å². The molecule has 0 saturated carbocycles. The summed E-state index contributed by atoms with van der Waals surface area (Å²) >= 11 is 6.19. The molecule has 4 aromatic rings. The lowest BCUT2D eigenvalue weighted by Gasteiger charge is -2.26. The maximum absolute atomic E-state index is 13.8. The van der Waals surface area contributed by atoms with Gasteiger partial charge in [0.1, 0.15) is 5.75 Å². The lowest BCUT2D eigenvalue weighted by Crippen LogP contribution is -2.41. The molecule has 9 nitrogen and oxygen atoms in total. The van der Waals surface area contributed by atoms with Gasteiger partial charge in [0.15, 0.2) is 11.4 Å². The van der Waals surface area contributed by atoms with E-state index in [9.17, 15) is 9.59 Å². The van der Waals surface area contributed by atoms with Crippen LogP contribution in [0.25, 0.3) is 5.69 Å². The normalized spacial score (nSPS) is 13.6. The Labute approximate surface area is 250 Å². The quantitative estimate of drug-likeness (QED) is 0.249. The average molecular weight is 588 g/mol. The maximum Gasteiger partial charge on any atom is 0.299 e. The Bertz CT molecular complexity index is 1580. The summed E-state index contributed by atoms with van der Waals surface area (Å²) in [5.74, 6) is 0.997. The fourth-order valence-electron chi connectivity index (χ4n) is 4.61. The highest BCUT2D eigenvalue weighted by Crippen LogP contribution is 2.30. The number of anilines is 2. The Morgan fingerprint density at radius 3 is 2.55 bits per heavy atom. The van der Waals surface area contributed by atoms with Gasteiger partial charge < -0.3 is 20.1 Å². The van der Waals surface area contributed by atoms with E-state index in [1.54, 1.807) is 48.5 Å². The highest BCUT2D eigenvalue weighted by atomic mass is 35.5. The Morgan fingerprint density at radius 2 is 1.81 bits per heavy atom. The van der Waals surface area contributed by atoms with Crippen molar-refractivity contribution in [3.8, 4) is 17.2 Å². The molecule has 1 saturated heterocycles. The van der Waals surface area contributed by atoms with Crippen molar-refractivity contribution in [1.29, 1.82) is 0 Å². The van der Waals surface area contributed by atoms with Crippen LogP contribution in [-0.2, 0) is 4.74 Å². The lowest BCUT2D eigenvalue weighted by atomic mass is 10.0. The average Bonchev–Trinajstić information content (AvgIpc) is 3.00. The lowest BCUT2D eigenvalue weighted by molar-refractivity contribution is 0.0383. The smallest absolute Gasteiger partial charge is 0.299 e. The number of nitrogens with one attached hydrogen (secondary N) is 2. The first-order valence-electron chi connectivity index (χ1n) is 14.0. The van der Waals surface area contributed by atoms with E-state index in [0.29, 0.717) is 53.4 Å². The van der Waals surface area contributed by atoms with Gasteiger partial charge >= 0.3 is 0 Å². The first kappa shape index (κ1) is 29.3. The Kier molecular flexibility index (Phi) is 9.53. The molecule has 1 amide bonds. The van der Waals surface area contributed by atoms with Crippen LogP contribution in [0.2, 0.25) is 5.02 Å². The molecule has 5 rings (SSSR count). The summed E-state index contributed by atoms with van der Waals surface area (Å²) in [6.45, 7) is 8.67. The molecule has 2 N–H and O–H groups in total. The number of rotatable bonds is 10. The minimum atomic E-state index is -0.436. The number of hydrogen-bond acceptors (Lipinski definition) is 7. The van der Waals surface area contributed by atoms with Crippen molar-refractivity contribution in [3.05, 3.63) is 105 Å². The van der Waals surface area contributed by atoms with E-state index < -0.39 is 5.56 Å². The summed E-state index contributed by atoms with van der Waals surface area (Å²) in [5.41, 5.74) is 2.44. The van der Waals surface area contributed by atoms with Crippen molar-refractivity contribution < 1.29 is 14.3 Å². The van der Waals surface area contributed by atoms with Crippen LogP contribution in [-0.4, -0.2) is 60.0 Å². The largest absolute Gasteiger partial charge is 0.453 e. The number of hydrogen-bond donors (Lipinski definition) is 2. The molecule has 2 heterocycles. The van der Waals surface area contributed by atoms with Gasteiger partial charge in [-0.1, -0.05) is 49.7 Å². The van der Waals surface area contributed by atoms with Crippen LogP contribution in [0.15, 0.2) is 83.8 Å². The van der Waals surface area contributed by atoms with Crippen LogP contribution in [0.4, 0.5) is 11.4 Å². The van der Waals surface area contributed by atoms with E-state index in [1.165, 1.54) is 16.4 Å². The van der Waals surface area contributed by atoms with Crippen LogP contribution < -0.4 is 20.9 Å². The molecular formula is C32H34ClN5O4. The van der Waals surface area contributed by atoms with Gasteiger partial charge in [0, 0.05) is 42.5 Å². The number of halogens is 1. The van der Waals surface area contributed by atoms with Gasteiger partial charge in [0.05, 0.1) is 25.1 Å². The van der Waals surface area contributed by atoms with Gasteiger partial charge in [-0.25, -0.2) is 0 Å². The monoisotopic (exact) mass is 587 g/mol. The maximum atomic E-state index is 13.8. The van der Waals surface area contributed by atoms with Gasteiger partial charge in [-0.3, -0.25) is 14.5 Å². The van der Waals surface area contributed by atoms with E-state index in [0.717, 1.165) is 19.6 Å². The van der Waals surface area contributed by atoms with Crippen molar-refractivity contribution in [2.75, 3.05) is 44.7 Å². The number of amides is 1. The summed E-state index contributed by atoms with van der Waals surface area (Å²) in [6.07, 6.45) is 1.49. The molecule has 0 aliphatic carbocycles. The molecular weight excluding hydrogens is 554 g/mol. The molecule has 1 aliphatic heterocycles. The summed E-state index contributed by atoms with van der Waals surface area (Å²) in [6, 6.07) is 21.6. The zero-order valence-corrected chi connectivity index (χ0v) is 24.4. The molecule has 0 unspecified atom stereocenters. The predicted molar refractivity (Wildman–Crippen MR) is 165 cm³/mol. The second-order valence-electron chi connectivity index (χ2n) is 10.3. The molecule has 1 aliphatic rings. The molecule has 10 heteroatoms. The van der Waals surface area contributed by atoms with Crippen molar-refractivity contribution in [2.24, 2.45) is 0 Å². The second-order valence-corrected chi connectivity index (χ2v) is 10.8. The number of benzene rings is 3. The fourth-order valence-corrected chi connectivity index (χ4v) is 4.79. The molecule has 0 atom stereocenters. The molecule has 0 spiro atoms. The third-order valence-electron chi connectivity index (χ3n) is 6.98. The summed E-state index contributed by atoms with van der Waals surface area (Å²) in [4.78, 5) is 28.9. The van der Waals surface area contributed by atoms with E-state index in [4.69, 9.17) is 21.1 Å². The second kappa shape index (κ2) is 13.7. The highest BCUT2D eigenvalue weighted by molar-refractivity contribution is 6.30. The van der Waals surface area contributed by atoms with E-state index >= 15 is 0 Å². The number of aromatic nitrogens is 2. The molecule has 1 aromatic heterocycles. The number of carbonyl (C=O) groups excluding carboxylic acids is 1. The molecule has 218 valence electrons. The van der Waals surface area contributed by atoms with E-state index in [-0.39, 0.29) is 17.3 Å². The SMILES string of the molecule is CC(C)c1ccc(Oc2cnn(-c3cccc(Cl)c3)c(=O)c2Nc2cccc(C(=O)NCCN3CCOCC3)c2)cc1. The number of morpholine rings is 1. The van der Waals surface area contributed by atoms with Gasteiger partial charge in [-0.05, 0) is 60.0 Å². The summed E-state index contributed by atoms with van der Waals surface area (Å²) in [7, 11) is 0. The van der Waals surface area contributed by atoms with Crippen molar-refractivity contribution in [3.63, 3.8) is 0 Å². The molecule has 0 bridgehead atoms. The van der Waals surface area contributed by atoms with Crippen LogP contribution in [0.5, 0.6) is 11.5 Å². The molecule has 0 radical (unpaired) electrons. The van der Waals surface area contributed by atoms with Gasteiger partial charge in [0.25, 0.3) is 11.5 Å². The van der Waals surface area contributed by atoms with Crippen molar-refractivity contribution in [1.82, 2.24) is 20.0 Å². The summed E-state index contributed by atoms with van der Waals surface area (Å²) in [5, 5.41) is 11.0. The van der Waals surface area contributed by atoms with Crippen LogP contribution >= 0.6 is 11.6 Å². The zero-order chi connectivity index (χ0) is 29.5. The van der Waals surface area contributed by atoms with Gasteiger partial charge in [0.2, 0.25) is 0 Å². The van der Waals surface area contributed by atoms with Gasteiger partial charge in [-0.15, -0.1) is 0 Å². The van der Waals surface area contributed by atoms with Crippen LogP contribution in [0.3, 0.4) is 0 Å². The molecule has 42 heavy (non-hydrogen) atoms. The highest BCUT2D eigenvalue weighted by Gasteiger charge is 2.17. The Balaban J connectivity index is 1.40. The minimum absolute atomic E-state index is 0.169. The van der Waals surface area contributed by atoms with Gasteiger partial charge in [-0.2, -0.15) is 9.78 Å². The molecule has 1 fully saturated rings. The topological polar surface area (TPSA) is 97.7 Å². The molecule has 3 aromatic carbocycles. The minimum Gasteiger partial charge on any atom is -0.453 e. The Morgan fingerprint density at radius 1 is 1.05 bits per heavy atom.